The zero-order valence-corrected chi connectivity index (χ0v) is 22.8. The van der Waals surface area contributed by atoms with Crippen LogP contribution in [0.25, 0.3) is 10.9 Å². The first kappa shape index (κ1) is 24.7. The monoisotopic (exact) mass is 520 g/mol. The molecule has 1 amide bonds. The molecule has 1 aromatic carbocycles. The number of aromatic nitrogens is 2. The molecule has 3 aliphatic rings. The molecule has 0 radical (unpaired) electrons. The molecule has 4 heterocycles. The normalized spacial score (nSPS) is 23.9. The third-order valence-corrected chi connectivity index (χ3v) is 9.08. The van der Waals surface area contributed by atoms with E-state index in [0.29, 0.717) is 43.7 Å². The highest BCUT2D eigenvalue weighted by atomic mass is 35.5. The molecule has 0 aliphatic carbocycles. The summed E-state index contributed by atoms with van der Waals surface area (Å²) in [6.45, 7) is 14.6. The molecule has 10 heteroatoms. The fraction of sp³-hybridized carbons (Fsp3) is 0.640. The van der Waals surface area contributed by atoms with Crippen molar-refractivity contribution in [3.05, 3.63) is 27.1 Å². The van der Waals surface area contributed by atoms with Gasteiger partial charge in [-0.1, -0.05) is 11.6 Å². The lowest BCUT2D eigenvalue weighted by molar-refractivity contribution is -0.106. The predicted octanol–water partition coefficient (Wildman–Crippen LogP) is 4.31. The molecule has 1 spiro atoms. The summed E-state index contributed by atoms with van der Waals surface area (Å²) < 4.78 is 13.0. The van der Waals surface area contributed by atoms with E-state index in [1.165, 1.54) is 0 Å². The summed E-state index contributed by atoms with van der Waals surface area (Å²) in [6.07, 6.45) is -0.315. The van der Waals surface area contributed by atoms with Crippen LogP contribution in [-0.4, -0.2) is 70.3 Å². The van der Waals surface area contributed by atoms with Crippen molar-refractivity contribution >= 4 is 46.2 Å². The molecular formula is C25H33ClN4O4S. The van der Waals surface area contributed by atoms with Crippen LogP contribution in [0, 0.1) is 12.3 Å². The van der Waals surface area contributed by atoms with E-state index < -0.39 is 5.60 Å². The standard InChI is InChI=1S/C25H33ClN4O4S/c1-14-7-17-19-20(18(14)26)35-13-25(11-33-12-25)10-30(19)22(31)27-21(17)28-8-16(3)29(9-15(28)2)23(32)34-24(4,5)6/h7,15-16H,8-13H2,1-6H3/t15-,16+/m0/s1. The first-order valence-electron chi connectivity index (χ1n) is 12.1. The second-order valence-electron chi connectivity index (χ2n) is 11.3. The number of nitrogens with zero attached hydrogens (tertiary/aromatic N) is 4. The molecule has 2 saturated heterocycles. The van der Waals surface area contributed by atoms with Crippen molar-refractivity contribution in [3.8, 4) is 0 Å². The van der Waals surface area contributed by atoms with Gasteiger partial charge in [-0.3, -0.25) is 4.57 Å². The van der Waals surface area contributed by atoms with E-state index in [1.54, 1.807) is 21.2 Å². The predicted molar refractivity (Wildman–Crippen MR) is 139 cm³/mol. The fourth-order valence-electron chi connectivity index (χ4n) is 5.16. The van der Waals surface area contributed by atoms with Gasteiger partial charge in [-0.05, 0) is 53.2 Å². The van der Waals surface area contributed by atoms with Crippen LogP contribution in [0.5, 0.6) is 0 Å². The summed E-state index contributed by atoms with van der Waals surface area (Å²) in [6, 6.07) is 1.90. The Bertz CT molecular complexity index is 1250. The Morgan fingerprint density at radius 3 is 2.60 bits per heavy atom. The van der Waals surface area contributed by atoms with E-state index in [9.17, 15) is 9.59 Å². The number of benzene rings is 1. The van der Waals surface area contributed by atoms with E-state index in [2.05, 4.69) is 16.8 Å². The number of rotatable bonds is 1. The van der Waals surface area contributed by atoms with Crippen LogP contribution in [0.15, 0.2) is 15.8 Å². The first-order valence-corrected chi connectivity index (χ1v) is 13.5. The van der Waals surface area contributed by atoms with Gasteiger partial charge in [0.25, 0.3) is 0 Å². The maximum Gasteiger partial charge on any atom is 0.410 e. The van der Waals surface area contributed by atoms with E-state index in [1.807, 2.05) is 40.7 Å². The number of hydrogen-bond donors (Lipinski definition) is 0. The molecule has 0 saturated carbocycles. The van der Waals surface area contributed by atoms with Gasteiger partial charge in [-0.2, -0.15) is 4.98 Å². The van der Waals surface area contributed by atoms with Crippen molar-refractivity contribution in [2.75, 3.05) is 37.0 Å². The molecule has 2 atom stereocenters. The van der Waals surface area contributed by atoms with Gasteiger partial charge in [0.15, 0.2) is 0 Å². The van der Waals surface area contributed by atoms with Gasteiger partial charge in [-0.15, -0.1) is 11.8 Å². The lowest BCUT2D eigenvalue weighted by atomic mass is 9.88. The molecule has 0 bridgehead atoms. The average Bonchev–Trinajstić information content (AvgIpc) is 2.93. The van der Waals surface area contributed by atoms with Crippen LogP contribution >= 0.6 is 23.4 Å². The summed E-state index contributed by atoms with van der Waals surface area (Å²) in [4.78, 5) is 35.8. The van der Waals surface area contributed by atoms with Crippen LogP contribution in [0.2, 0.25) is 5.02 Å². The molecule has 35 heavy (non-hydrogen) atoms. The average molecular weight is 521 g/mol. The molecule has 5 rings (SSSR count). The number of halogens is 1. The van der Waals surface area contributed by atoms with E-state index in [-0.39, 0.29) is 29.3 Å². The van der Waals surface area contributed by atoms with Gasteiger partial charge < -0.3 is 19.3 Å². The number of hydrogen-bond acceptors (Lipinski definition) is 7. The minimum absolute atomic E-state index is 0.0479. The molecule has 190 valence electrons. The summed E-state index contributed by atoms with van der Waals surface area (Å²) in [5.74, 6) is 1.51. The molecular weight excluding hydrogens is 488 g/mol. The highest BCUT2D eigenvalue weighted by Crippen LogP contribution is 2.46. The Kier molecular flexibility index (Phi) is 6.04. The Balaban J connectivity index is 1.57. The summed E-state index contributed by atoms with van der Waals surface area (Å²) in [5.41, 5.74) is 0.931. The second kappa shape index (κ2) is 8.56. The minimum atomic E-state index is -0.556. The summed E-state index contributed by atoms with van der Waals surface area (Å²) >= 11 is 8.51. The van der Waals surface area contributed by atoms with Crippen LogP contribution in [0.4, 0.5) is 10.6 Å². The number of carbonyl (C=O) groups excluding carboxylic acids is 1. The summed E-state index contributed by atoms with van der Waals surface area (Å²) in [7, 11) is 0. The van der Waals surface area contributed by atoms with Crippen molar-refractivity contribution in [3.63, 3.8) is 0 Å². The zero-order chi connectivity index (χ0) is 25.3. The third kappa shape index (κ3) is 4.29. The molecule has 2 aromatic rings. The van der Waals surface area contributed by atoms with Gasteiger partial charge in [0.2, 0.25) is 0 Å². The van der Waals surface area contributed by atoms with E-state index in [4.69, 9.17) is 21.1 Å². The van der Waals surface area contributed by atoms with Crippen molar-refractivity contribution in [1.82, 2.24) is 14.5 Å². The van der Waals surface area contributed by atoms with Gasteiger partial charge in [0.1, 0.15) is 11.4 Å². The third-order valence-electron chi connectivity index (χ3n) is 7.04. The lowest BCUT2D eigenvalue weighted by Crippen LogP contribution is -2.59. The molecule has 3 aliphatic heterocycles. The maximum absolute atomic E-state index is 13.5. The summed E-state index contributed by atoms with van der Waals surface area (Å²) in [5, 5.41) is 1.62. The van der Waals surface area contributed by atoms with Gasteiger partial charge in [0.05, 0.1) is 28.6 Å². The van der Waals surface area contributed by atoms with Crippen LogP contribution < -0.4 is 10.6 Å². The molecule has 8 nitrogen and oxygen atoms in total. The van der Waals surface area contributed by atoms with Gasteiger partial charge >= 0.3 is 11.8 Å². The topological polar surface area (TPSA) is 76.9 Å². The molecule has 1 aromatic heterocycles. The largest absolute Gasteiger partial charge is 0.444 e. The highest BCUT2D eigenvalue weighted by Gasteiger charge is 2.43. The van der Waals surface area contributed by atoms with Crippen LogP contribution in [0.3, 0.4) is 0 Å². The smallest absolute Gasteiger partial charge is 0.410 e. The highest BCUT2D eigenvalue weighted by molar-refractivity contribution is 7.99. The lowest BCUT2D eigenvalue weighted by Gasteiger charge is -2.45. The Hall–Kier alpha value is -1.97. The number of aryl methyl sites for hydroxylation is 1. The quantitative estimate of drug-likeness (QED) is 0.554. The van der Waals surface area contributed by atoms with Crippen molar-refractivity contribution in [2.45, 2.75) is 70.7 Å². The number of anilines is 1. The Morgan fingerprint density at radius 1 is 1.26 bits per heavy atom. The number of piperazine rings is 1. The number of thioether (sulfide) groups is 1. The van der Waals surface area contributed by atoms with Gasteiger partial charge in [-0.25, -0.2) is 9.59 Å². The number of carbonyl (C=O) groups is 1. The number of ether oxygens (including phenoxy) is 2. The second-order valence-corrected chi connectivity index (χ2v) is 12.7. The molecule has 2 fully saturated rings. The van der Waals surface area contributed by atoms with Crippen LogP contribution in [-0.2, 0) is 16.0 Å². The first-order chi connectivity index (χ1) is 16.4. The Labute approximate surface area is 214 Å². The van der Waals surface area contributed by atoms with E-state index >= 15 is 0 Å². The van der Waals surface area contributed by atoms with Crippen molar-refractivity contribution in [1.29, 1.82) is 0 Å². The number of amides is 1. The fourth-order valence-corrected chi connectivity index (χ4v) is 6.83. The van der Waals surface area contributed by atoms with Gasteiger partial charge in [0, 0.05) is 48.3 Å². The van der Waals surface area contributed by atoms with E-state index in [0.717, 1.165) is 27.1 Å². The SMILES string of the molecule is Cc1cc2c(N3C[C@@H](C)N(C(=O)OC(C)(C)C)C[C@@H]3C)nc(=O)n3c2c(c1Cl)SCC1(COC1)C3. The molecule has 0 unspecified atom stereocenters. The maximum atomic E-state index is 13.5. The van der Waals surface area contributed by atoms with Crippen LogP contribution in [0.1, 0.15) is 40.2 Å². The minimum Gasteiger partial charge on any atom is -0.444 e. The Morgan fingerprint density at radius 2 is 1.97 bits per heavy atom. The molecule has 0 N–H and O–H groups in total. The van der Waals surface area contributed by atoms with Crippen molar-refractivity contribution in [2.24, 2.45) is 5.41 Å². The van der Waals surface area contributed by atoms with Crippen molar-refractivity contribution < 1.29 is 14.3 Å². The zero-order valence-electron chi connectivity index (χ0n) is 21.2.